The van der Waals surface area contributed by atoms with E-state index in [1.165, 1.54) is 12.6 Å². The van der Waals surface area contributed by atoms with Gasteiger partial charge in [0.2, 0.25) is 10.0 Å². The molecule has 18 heavy (non-hydrogen) atoms. The van der Waals surface area contributed by atoms with Crippen molar-refractivity contribution in [2.24, 2.45) is 0 Å². The van der Waals surface area contributed by atoms with Crippen LogP contribution in [0, 0.1) is 0 Å². The van der Waals surface area contributed by atoms with Crippen molar-refractivity contribution in [2.45, 2.75) is 23.8 Å². The zero-order valence-corrected chi connectivity index (χ0v) is 11.0. The molecule has 5 nitrogen and oxygen atoms in total. The maximum Gasteiger partial charge on any atom is 0.244 e. The Morgan fingerprint density at radius 3 is 2.94 bits per heavy atom. The molecule has 0 unspecified atom stereocenters. The van der Waals surface area contributed by atoms with Gasteiger partial charge in [-0.1, -0.05) is 0 Å². The third kappa shape index (κ3) is 2.04. The maximum atomic E-state index is 12.4. The van der Waals surface area contributed by atoms with Crippen molar-refractivity contribution in [1.82, 2.24) is 14.2 Å². The Bertz CT molecular complexity index is 517. The molecule has 0 radical (unpaired) electrons. The van der Waals surface area contributed by atoms with Crippen LogP contribution in [0.4, 0.5) is 0 Å². The van der Waals surface area contributed by atoms with E-state index in [1.54, 1.807) is 22.6 Å². The summed E-state index contributed by atoms with van der Waals surface area (Å²) in [5.41, 5.74) is 0. The molecule has 0 spiro atoms. The molecule has 3 rings (SSSR count). The van der Waals surface area contributed by atoms with E-state index in [1.807, 2.05) is 0 Å². The molecule has 98 valence electrons. The molecule has 3 heterocycles. The predicted molar refractivity (Wildman–Crippen MR) is 67.6 cm³/mol. The van der Waals surface area contributed by atoms with Gasteiger partial charge in [-0.2, -0.15) is 4.31 Å². The van der Waals surface area contributed by atoms with Crippen LogP contribution in [0.15, 0.2) is 29.4 Å². The summed E-state index contributed by atoms with van der Waals surface area (Å²) in [6.07, 6.45) is 5.31. The molecule has 0 N–H and O–H groups in total. The average molecular weight is 267 g/mol. The fraction of sp³-hybridized carbons (Fsp3) is 0.583. The normalized spacial score (nSPS) is 26.1. The number of nitrogens with zero attached hydrogens (tertiary/aromatic N) is 3. The van der Waals surface area contributed by atoms with Gasteiger partial charge < -0.3 is 0 Å². The van der Waals surface area contributed by atoms with E-state index in [4.69, 9.17) is 0 Å². The molecule has 6 heteroatoms. The van der Waals surface area contributed by atoms with Crippen molar-refractivity contribution in [2.75, 3.05) is 26.2 Å². The number of aromatic nitrogens is 1. The largest absolute Gasteiger partial charge is 0.298 e. The second-order valence-corrected chi connectivity index (χ2v) is 6.82. The van der Waals surface area contributed by atoms with Crippen LogP contribution >= 0.6 is 0 Å². The third-order valence-corrected chi connectivity index (χ3v) is 5.67. The molecule has 2 fully saturated rings. The maximum absolute atomic E-state index is 12.4. The number of hydrogen-bond donors (Lipinski definition) is 0. The summed E-state index contributed by atoms with van der Waals surface area (Å²) < 4.78 is 26.5. The van der Waals surface area contributed by atoms with Gasteiger partial charge in [-0.25, -0.2) is 8.42 Å². The highest BCUT2D eigenvalue weighted by molar-refractivity contribution is 7.89. The van der Waals surface area contributed by atoms with Crippen molar-refractivity contribution >= 4 is 10.0 Å². The first kappa shape index (κ1) is 12.1. The van der Waals surface area contributed by atoms with E-state index in [0.29, 0.717) is 24.0 Å². The lowest BCUT2D eigenvalue weighted by atomic mass is 10.2. The van der Waals surface area contributed by atoms with Gasteiger partial charge in [0.1, 0.15) is 4.90 Å². The highest BCUT2D eigenvalue weighted by Gasteiger charge is 2.36. The van der Waals surface area contributed by atoms with Gasteiger partial charge in [0, 0.05) is 38.1 Å². The van der Waals surface area contributed by atoms with Crippen LogP contribution in [0.2, 0.25) is 0 Å². The fourth-order valence-corrected chi connectivity index (χ4v) is 4.26. The number of piperazine rings is 1. The van der Waals surface area contributed by atoms with Crippen molar-refractivity contribution < 1.29 is 8.42 Å². The number of hydrogen-bond acceptors (Lipinski definition) is 4. The zero-order valence-electron chi connectivity index (χ0n) is 10.2. The van der Waals surface area contributed by atoms with Crippen LogP contribution < -0.4 is 0 Å². The van der Waals surface area contributed by atoms with Crippen LogP contribution in [0.3, 0.4) is 0 Å². The lowest BCUT2D eigenvalue weighted by Crippen LogP contribution is -2.51. The summed E-state index contributed by atoms with van der Waals surface area (Å²) in [6, 6.07) is 3.69. The quantitative estimate of drug-likeness (QED) is 0.785. The van der Waals surface area contributed by atoms with E-state index < -0.39 is 10.0 Å². The molecule has 1 aromatic heterocycles. The van der Waals surface area contributed by atoms with Crippen LogP contribution in [-0.4, -0.2) is 54.8 Å². The SMILES string of the molecule is O=S(=O)(c1cccnc1)N1CCN2CCC[C@H]2C1. The van der Waals surface area contributed by atoms with Gasteiger partial charge in [0.15, 0.2) is 0 Å². The predicted octanol–water partition coefficient (Wildman–Crippen LogP) is 0.550. The van der Waals surface area contributed by atoms with E-state index in [9.17, 15) is 8.42 Å². The zero-order chi connectivity index (χ0) is 12.6. The molecular weight excluding hydrogens is 250 g/mol. The number of sulfonamides is 1. The molecule has 0 bridgehead atoms. The van der Waals surface area contributed by atoms with Crippen LogP contribution in [-0.2, 0) is 10.0 Å². The molecular formula is C12H17N3O2S. The summed E-state index contributed by atoms with van der Waals surface area (Å²) in [4.78, 5) is 6.60. The molecule has 1 aromatic rings. The molecule has 0 aliphatic carbocycles. The Labute approximate surface area is 107 Å². The Morgan fingerprint density at radius 1 is 1.28 bits per heavy atom. The first-order valence-electron chi connectivity index (χ1n) is 6.32. The van der Waals surface area contributed by atoms with Gasteiger partial charge in [0.05, 0.1) is 0 Å². The van der Waals surface area contributed by atoms with Crippen molar-refractivity contribution in [3.63, 3.8) is 0 Å². The second-order valence-electron chi connectivity index (χ2n) is 4.88. The first-order valence-corrected chi connectivity index (χ1v) is 7.76. The van der Waals surface area contributed by atoms with Crippen molar-refractivity contribution in [1.29, 1.82) is 0 Å². The smallest absolute Gasteiger partial charge is 0.244 e. The van der Waals surface area contributed by atoms with Gasteiger partial charge in [-0.05, 0) is 31.5 Å². The van der Waals surface area contributed by atoms with Gasteiger partial charge in [0.25, 0.3) is 0 Å². The highest BCUT2D eigenvalue weighted by atomic mass is 32.2. The molecule has 0 amide bonds. The Hall–Kier alpha value is -0.980. The van der Waals surface area contributed by atoms with Crippen LogP contribution in [0.1, 0.15) is 12.8 Å². The fourth-order valence-electron chi connectivity index (χ4n) is 2.83. The number of fused-ring (bicyclic) bond motifs is 1. The molecule has 2 saturated heterocycles. The van der Waals surface area contributed by atoms with Crippen molar-refractivity contribution in [3.8, 4) is 0 Å². The van der Waals surface area contributed by atoms with Crippen LogP contribution in [0.5, 0.6) is 0 Å². The Balaban J connectivity index is 1.82. The molecule has 0 saturated carbocycles. The summed E-state index contributed by atoms with van der Waals surface area (Å²) in [5, 5.41) is 0. The van der Waals surface area contributed by atoms with E-state index in [-0.39, 0.29) is 0 Å². The van der Waals surface area contributed by atoms with Gasteiger partial charge in [-0.3, -0.25) is 9.88 Å². The Morgan fingerprint density at radius 2 is 2.17 bits per heavy atom. The minimum atomic E-state index is -3.36. The highest BCUT2D eigenvalue weighted by Crippen LogP contribution is 2.25. The summed E-state index contributed by atoms with van der Waals surface area (Å²) >= 11 is 0. The summed E-state index contributed by atoms with van der Waals surface area (Å²) in [7, 11) is -3.36. The molecule has 0 aromatic carbocycles. The number of rotatable bonds is 2. The lowest BCUT2D eigenvalue weighted by molar-refractivity contribution is 0.158. The summed E-state index contributed by atoms with van der Waals surface area (Å²) in [6.45, 7) is 3.18. The van der Waals surface area contributed by atoms with E-state index >= 15 is 0 Å². The molecule has 2 aliphatic rings. The summed E-state index contributed by atoms with van der Waals surface area (Å²) in [5.74, 6) is 0. The first-order chi connectivity index (χ1) is 8.68. The minimum absolute atomic E-state index is 0.302. The van der Waals surface area contributed by atoms with E-state index in [2.05, 4.69) is 9.88 Å². The molecule has 2 aliphatic heterocycles. The topological polar surface area (TPSA) is 53.5 Å². The van der Waals surface area contributed by atoms with Crippen LogP contribution in [0.25, 0.3) is 0 Å². The monoisotopic (exact) mass is 267 g/mol. The standard InChI is InChI=1S/C12H17N3O2S/c16-18(17,12-4-1-5-13-9-12)15-8-7-14-6-2-3-11(14)10-15/h1,4-5,9,11H,2-3,6-8,10H2/t11-/m0/s1. The molecule has 1 atom stereocenters. The number of pyridine rings is 1. The average Bonchev–Trinajstić information content (AvgIpc) is 2.87. The lowest BCUT2D eigenvalue weighted by Gasteiger charge is -2.36. The minimum Gasteiger partial charge on any atom is -0.298 e. The Kier molecular flexibility index (Phi) is 3.09. The second kappa shape index (κ2) is 4.60. The third-order valence-electron chi connectivity index (χ3n) is 3.82. The van der Waals surface area contributed by atoms with E-state index in [0.717, 1.165) is 19.5 Å². The van der Waals surface area contributed by atoms with Gasteiger partial charge in [-0.15, -0.1) is 0 Å². The van der Waals surface area contributed by atoms with Gasteiger partial charge >= 0.3 is 0 Å². The van der Waals surface area contributed by atoms with Crippen molar-refractivity contribution in [3.05, 3.63) is 24.5 Å².